The summed E-state index contributed by atoms with van der Waals surface area (Å²) in [6, 6.07) is 11.4. The molecule has 1 aliphatic heterocycles. The minimum atomic E-state index is -3.68. The van der Waals surface area contributed by atoms with Crippen LogP contribution < -0.4 is 14.8 Å². The van der Waals surface area contributed by atoms with Gasteiger partial charge in [0.2, 0.25) is 15.9 Å². The fraction of sp³-hybridized carbons (Fsp3) is 0.435. The summed E-state index contributed by atoms with van der Waals surface area (Å²) >= 11 is 5.90. The highest BCUT2D eigenvalue weighted by atomic mass is 35.5. The van der Waals surface area contributed by atoms with Crippen LogP contribution in [0.4, 0.5) is 0 Å². The zero-order valence-corrected chi connectivity index (χ0v) is 19.9. The van der Waals surface area contributed by atoms with E-state index in [-0.39, 0.29) is 23.3 Å². The summed E-state index contributed by atoms with van der Waals surface area (Å²) in [6.07, 6.45) is 3.11. The standard InChI is InChI=1S/C23H29ClN2O5S/c1-30-21-11-6-17(15-22(21)31-2)12-13-25-23(27)16-19-5-3-4-14-26(19)32(28,29)20-9-7-18(24)8-10-20/h6-11,15,19H,3-5,12-14,16H2,1-2H3,(H,25,27). The van der Waals surface area contributed by atoms with Crippen LogP contribution in [0.1, 0.15) is 31.2 Å². The zero-order chi connectivity index (χ0) is 23.1. The van der Waals surface area contributed by atoms with Crippen molar-refractivity contribution in [3.05, 3.63) is 53.1 Å². The lowest BCUT2D eigenvalue weighted by Gasteiger charge is -2.34. The molecule has 1 saturated heterocycles. The molecule has 0 spiro atoms. The molecule has 174 valence electrons. The Morgan fingerprint density at radius 1 is 1.09 bits per heavy atom. The SMILES string of the molecule is COc1ccc(CCNC(=O)CC2CCCCN2S(=O)(=O)c2ccc(Cl)cc2)cc1OC. The molecule has 1 atom stereocenters. The van der Waals surface area contributed by atoms with Crippen LogP contribution in [0.15, 0.2) is 47.4 Å². The molecular formula is C23H29ClN2O5S. The fourth-order valence-electron chi connectivity index (χ4n) is 3.91. The lowest BCUT2D eigenvalue weighted by molar-refractivity contribution is -0.122. The van der Waals surface area contributed by atoms with Crippen LogP contribution in [-0.4, -0.2) is 52.0 Å². The van der Waals surface area contributed by atoms with Crippen molar-refractivity contribution >= 4 is 27.5 Å². The van der Waals surface area contributed by atoms with E-state index in [0.29, 0.717) is 42.5 Å². The third kappa shape index (κ3) is 5.94. The van der Waals surface area contributed by atoms with Gasteiger partial charge in [-0.3, -0.25) is 4.79 Å². The normalized spacial score (nSPS) is 17.0. The number of methoxy groups -OCH3 is 2. The van der Waals surface area contributed by atoms with E-state index < -0.39 is 10.0 Å². The second-order valence-electron chi connectivity index (χ2n) is 7.71. The van der Waals surface area contributed by atoms with Gasteiger partial charge in [0.05, 0.1) is 19.1 Å². The molecule has 3 rings (SSSR count). The van der Waals surface area contributed by atoms with Gasteiger partial charge in [0.15, 0.2) is 11.5 Å². The van der Waals surface area contributed by atoms with Crippen molar-refractivity contribution in [2.24, 2.45) is 0 Å². The number of amides is 1. The molecule has 7 nitrogen and oxygen atoms in total. The van der Waals surface area contributed by atoms with Gasteiger partial charge in [-0.05, 0) is 61.2 Å². The number of sulfonamides is 1. The Balaban J connectivity index is 1.59. The summed E-state index contributed by atoms with van der Waals surface area (Å²) in [4.78, 5) is 12.8. The second kappa shape index (κ2) is 11.0. The van der Waals surface area contributed by atoms with Crippen LogP contribution >= 0.6 is 11.6 Å². The van der Waals surface area contributed by atoms with Gasteiger partial charge >= 0.3 is 0 Å². The largest absolute Gasteiger partial charge is 0.493 e. The average molecular weight is 481 g/mol. The molecule has 0 saturated carbocycles. The molecule has 2 aromatic rings. The van der Waals surface area contributed by atoms with Gasteiger partial charge < -0.3 is 14.8 Å². The molecule has 1 amide bonds. The Morgan fingerprint density at radius 3 is 2.50 bits per heavy atom. The molecule has 32 heavy (non-hydrogen) atoms. The Bertz CT molecular complexity index is 1030. The molecule has 1 unspecified atom stereocenters. The average Bonchev–Trinajstić information content (AvgIpc) is 2.79. The fourth-order valence-corrected chi connectivity index (χ4v) is 5.72. The molecule has 0 radical (unpaired) electrons. The van der Waals surface area contributed by atoms with E-state index in [1.165, 1.54) is 16.4 Å². The number of rotatable bonds is 9. The first-order valence-corrected chi connectivity index (χ1v) is 12.4. The predicted octanol–water partition coefficient (Wildman–Crippen LogP) is 3.65. The number of ether oxygens (including phenoxy) is 2. The summed E-state index contributed by atoms with van der Waals surface area (Å²) in [6.45, 7) is 0.861. The van der Waals surface area contributed by atoms with Gasteiger partial charge in [0, 0.05) is 30.6 Å². The maximum absolute atomic E-state index is 13.1. The number of hydrogen-bond donors (Lipinski definition) is 1. The third-order valence-electron chi connectivity index (χ3n) is 5.60. The first-order chi connectivity index (χ1) is 15.3. The monoisotopic (exact) mass is 480 g/mol. The lowest BCUT2D eigenvalue weighted by atomic mass is 10.0. The van der Waals surface area contributed by atoms with Crippen LogP contribution in [0.2, 0.25) is 5.02 Å². The highest BCUT2D eigenvalue weighted by Gasteiger charge is 2.34. The smallest absolute Gasteiger partial charge is 0.243 e. The highest BCUT2D eigenvalue weighted by Crippen LogP contribution is 2.29. The quantitative estimate of drug-likeness (QED) is 0.592. The van der Waals surface area contributed by atoms with E-state index in [2.05, 4.69) is 5.32 Å². The van der Waals surface area contributed by atoms with Crippen molar-refractivity contribution in [2.45, 2.75) is 43.0 Å². The summed E-state index contributed by atoms with van der Waals surface area (Å²) in [5.74, 6) is 1.13. The number of carbonyl (C=O) groups excluding carboxylic acids is 1. The maximum Gasteiger partial charge on any atom is 0.243 e. The molecule has 1 N–H and O–H groups in total. The molecule has 0 aromatic heterocycles. The summed E-state index contributed by atoms with van der Waals surface area (Å²) in [7, 11) is -0.519. The molecule has 1 fully saturated rings. The molecule has 1 aliphatic rings. The van der Waals surface area contributed by atoms with Crippen LogP contribution in [0.5, 0.6) is 11.5 Å². The number of hydrogen-bond acceptors (Lipinski definition) is 5. The van der Waals surface area contributed by atoms with Gasteiger partial charge in [-0.2, -0.15) is 4.31 Å². The number of piperidine rings is 1. The first kappa shape index (κ1) is 24.4. The van der Waals surface area contributed by atoms with E-state index in [1.54, 1.807) is 26.4 Å². The number of halogens is 1. The number of nitrogens with zero attached hydrogens (tertiary/aromatic N) is 1. The molecule has 0 bridgehead atoms. The van der Waals surface area contributed by atoms with E-state index in [9.17, 15) is 13.2 Å². The molecule has 2 aromatic carbocycles. The van der Waals surface area contributed by atoms with E-state index >= 15 is 0 Å². The van der Waals surface area contributed by atoms with Gasteiger partial charge in [-0.25, -0.2) is 8.42 Å². The number of nitrogens with one attached hydrogen (secondary N) is 1. The van der Waals surface area contributed by atoms with E-state index in [4.69, 9.17) is 21.1 Å². The van der Waals surface area contributed by atoms with E-state index in [1.807, 2.05) is 18.2 Å². The van der Waals surface area contributed by atoms with Crippen molar-refractivity contribution in [2.75, 3.05) is 27.3 Å². The van der Waals surface area contributed by atoms with Gasteiger partial charge in [-0.1, -0.05) is 24.1 Å². The van der Waals surface area contributed by atoms with E-state index in [0.717, 1.165) is 18.4 Å². The minimum absolute atomic E-state index is 0.138. The topological polar surface area (TPSA) is 84.9 Å². The second-order valence-corrected chi connectivity index (χ2v) is 10.0. The summed E-state index contributed by atoms with van der Waals surface area (Å²) in [5.41, 5.74) is 1.01. The van der Waals surface area contributed by atoms with Crippen LogP contribution in [0, 0.1) is 0 Å². The maximum atomic E-state index is 13.1. The number of benzene rings is 2. The Kier molecular flexibility index (Phi) is 8.39. The van der Waals surface area contributed by atoms with Crippen molar-refractivity contribution in [1.29, 1.82) is 0 Å². The Labute approximate surface area is 194 Å². The molecule has 0 aliphatic carbocycles. The summed E-state index contributed by atoms with van der Waals surface area (Å²) in [5, 5.41) is 3.39. The Hall–Kier alpha value is -2.29. The van der Waals surface area contributed by atoms with Crippen LogP contribution in [0.25, 0.3) is 0 Å². The van der Waals surface area contributed by atoms with Gasteiger partial charge in [0.25, 0.3) is 0 Å². The predicted molar refractivity (Wildman–Crippen MR) is 124 cm³/mol. The van der Waals surface area contributed by atoms with Crippen molar-refractivity contribution in [1.82, 2.24) is 9.62 Å². The highest BCUT2D eigenvalue weighted by molar-refractivity contribution is 7.89. The molecule has 1 heterocycles. The third-order valence-corrected chi connectivity index (χ3v) is 7.82. The van der Waals surface area contributed by atoms with Crippen LogP contribution in [-0.2, 0) is 21.2 Å². The minimum Gasteiger partial charge on any atom is -0.493 e. The summed E-state index contributed by atoms with van der Waals surface area (Å²) < 4.78 is 38.3. The van der Waals surface area contributed by atoms with Crippen LogP contribution in [0.3, 0.4) is 0 Å². The number of carbonyl (C=O) groups is 1. The van der Waals surface area contributed by atoms with Gasteiger partial charge in [-0.15, -0.1) is 0 Å². The Morgan fingerprint density at radius 2 is 1.81 bits per heavy atom. The lowest BCUT2D eigenvalue weighted by Crippen LogP contribution is -2.46. The van der Waals surface area contributed by atoms with Crippen molar-refractivity contribution < 1.29 is 22.7 Å². The van der Waals surface area contributed by atoms with Gasteiger partial charge in [0.1, 0.15) is 0 Å². The molecule has 9 heteroatoms. The van der Waals surface area contributed by atoms with Crippen molar-refractivity contribution in [3.63, 3.8) is 0 Å². The molecular weight excluding hydrogens is 452 g/mol. The van der Waals surface area contributed by atoms with Crippen molar-refractivity contribution in [3.8, 4) is 11.5 Å². The first-order valence-electron chi connectivity index (χ1n) is 10.6. The zero-order valence-electron chi connectivity index (χ0n) is 18.3.